The number of carboxylic acids is 2. The minimum absolute atomic E-state index is 0.208. The number of aliphatic carboxylic acids is 2. The maximum atomic E-state index is 10.7. The second-order valence-corrected chi connectivity index (χ2v) is 4.56. The van der Waals surface area contributed by atoms with Crippen LogP contribution in [0.2, 0.25) is 0 Å². The molecule has 0 saturated carbocycles. The van der Waals surface area contributed by atoms with E-state index in [-0.39, 0.29) is 5.56 Å². The van der Waals surface area contributed by atoms with Crippen LogP contribution < -0.4 is 0 Å². The molecule has 0 atom stereocenters. The normalized spacial score (nSPS) is 9.38. The number of benzene rings is 1. The minimum atomic E-state index is -1.42. The number of Topliss-reactive ketones (excluding diaryl/α,β-unsaturated/α-hetero) is 1. The lowest BCUT2D eigenvalue weighted by atomic mass is 10.1. The molecular weight excluding hydrogens is 272 g/mol. The number of hydrogen-bond acceptors (Lipinski definition) is 3. The third-order valence-corrected chi connectivity index (χ3v) is 2.72. The molecule has 0 saturated heterocycles. The van der Waals surface area contributed by atoms with Gasteiger partial charge in [0.1, 0.15) is 0 Å². The second-order valence-electron chi connectivity index (χ2n) is 4.56. The van der Waals surface area contributed by atoms with Crippen molar-refractivity contribution in [2.75, 3.05) is 0 Å². The molecule has 0 unspecified atom stereocenters. The molecule has 21 heavy (non-hydrogen) atoms. The lowest BCUT2D eigenvalue weighted by Gasteiger charge is -1.95. The van der Waals surface area contributed by atoms with E-state index in [1.54, 1.807) is 18.2 Å². The van der Waals surface area contributed by atoms with Gasteiger partial charge < -0.3 is 10.2 Å². The fourth-order valence-electron chi connectivity index (χ4n) is 1.59. The summed E-state index contributed by atoms with van der Waals surface area (Å²) in [6.45, 7) is 2.15. The van der Waals surface area contributed by atoms with E-state index < -0.39 is 17.7 Å². The van der Waals surface area contributed by atoms with Crippen molar-refractivity contribution in [2.24, 2.45) is 0 Å². The highest BCUT2D eigenvalue weighted by Gasteiger charge is 2.12. The highest BCUT2D eigenvalue weighted by molar-refractivity contribution is 6.39. The lowest BCUT2D eigenvalue weighted by Crippen LogP contribution is -2.12. The molecule has 2 N–H and O–H groups in total. The Labute approximate surface area is 124 Å². The van der Waals surface area contributed by atoms with E-state index in [4.69, 9.17) is 10.2 Å². The van der Waals surface area contributed by atoms with E-state index in [1.807, 2.05) is 0 Å². The van der Waals surface area contributed by atoms with Gasteiger partial charge in [-0.05, 0) is 6.42 Å². The van der Waals surface area contributed by atoms with E-state index in [0.717, 1.165) is 12.8 Å². The molecule has 0 heterocycles. The Morgan fingerprint density at radius 1 is 0.905 bits per heavy atom. The Kier molecular flexibility index (Phi) is 10.4. The number of carbonyl (C=O) groups excluding carboxylic acids is 1. The number of rotatable bonds is 8. The summed E-state index contributed by atoms with van der Waals surface area (Å²) >= 11 is 0. The van der Waals surface area contributed by atoms with Crippen LogP contribution in [0, 0.1) is 0 Å². The first-order valence-corrected chi connectivity index (χ1v) is 7.03. The van der Waals surface area contributed by atoms with Gasteiger partial charge in [-0.3, -0.25) is 9.59 Å². The SMILES string of the molecule is CCCCCCCC(=O)O.O=C(O)C(=O)c1ccccc1. The van der Waals surface area contributed by atoms with Crippen molar-refractivity contribution in [1.82, 2.24) is 0 Å². The summed E-state index contributed by atoms with van der Waals surface area (Å²) < 4.78 is 0. The molecular formula is C16H22O5. The molecule has 116 valence electrons. The molecule has 0 aliphatic heterocycles. The zero-order valence-corrected chi connectivity index (χ0v) is 12.2. The van der Waals surface area contributed by atoms with Crippen LogP contribution in [0.4, 0.5) is 0 Å². The van der Waals surface area contributed by atoms with Crippen molar-refractivity contribution in [3.63, 3.8) is 0 Å². The minimum Gasteiger partial charge on any atom is -0.481 e. The number of carboxylic acid groups (broad SMARTS) is 2. The summed E-state index contributed by atoms with van der Waals surface area (Å²) in [6.07, 6.45) is 5.88. The van der Waals surface area contributed by atoms with Crippen LogP contribution in [0.1, 0.15) is 55.8 Å². The molecule has 0 amide bonds. The number of carbonyl (C=O) groups is 3. The van der Waals surface area contributed by atoms with Gasteiger partial charge in [0.25, 0.3) is 5.78 Å². The van der Waals surface area contributed by atoms with Crippen LogP contribution in [-0.4, -0.2) is 27.9 Å². The van der Waals surface area contributed by atoms with Crippen LogP contribution in [0.15, 0.2) is 30.3 Å². The maximum Gasteiger partial charge on any atom is 0.377 e. The topological polar surface area (TPSA) is 91.7 Å². The molecule has 0 radical (unpaired) electrons. The average molecular weight is 294 g/mol. The molecule has 0 fully saturated rings. The van der Waals surface area contributed by atoms with E-state index in [1.165, 1.54) is 31.4 Å². The van der Waals surface area contributed by atoms with Crippen molar-refractivity contribution in [2.45, 2.75) is 45.4 Å². The lowest BCUT2D eigenvalue weighted by molar-refractivity contribution is -0.137. The number of unbranched alkanes of at least 4 members (excludes halogenated alkanes) is 4. The van der Waals surface area contributed by atoms with Crippen LogP contribution >= 0.6 is 0 Å². The van der Waals surface area contributed by atoms with Crippen molar-refractivity contribution in [1.29, 1.82) is 0 Å². The van der Waals surface area contributed by atoms with Crippen molar-refractivity contribution < 1.29 is 24.6 Å². The summed E-state index contributed by atoms with van der Waals surface area (Å²) in [5, 5.41) is 16.6. The first kappa shape index (κ1) is 18.8. The average Bonchev–Trinajstić information content (AvgIpc) is 2.47. The molecule has 0 aliphatic rings. The molecule has 1 rings (SSSR count). The zero-order chi connectivity index (χ0) is 16.1. The monoisotopic (exact) mass is 294 g/mol. The Morgan fingerprint density at radius 2 is 1.48 bits per heavy atom. The van der Waals surface area contributed by atoms with Crippen molar-refractivity contribution in [3.05, 3.63) is 35.9 Å². The molecule has 1 aromatic carbocycles. The molecule has 0 aromatic heterocycles. The predicted molar refractivity (Wildman–Crippen MR) is 79.4 cm³/mol. The Hall–Kier alpha value is -2.17. The summed E-state index contributed by atoms with van der Waals surface area (Å²) in [6, 6.07) is 7.90. The van der Waals surface area contributed by atoms with Gasteiger partial charge in [0, 0.05) is 12.0 Å². The molecule has 5 heteroatoms. The molecule has 0 bridgehead atoms. The highest BCUT2D eigenvalue weighted by atomic mass is 16.4. The van der Waals surface area contributed by atoms with Gasteiger partial charge in [-0.2, -0.15) is 0 Å². The smallest absolute Gasteiger partial charge is 0.377 e. The molecule has 1 aromatic rings. The first-order chi connectivity index (χ1) is 9.99. The maximum absolute atomic E-state index is 10.7. The molecule has 0 spiro atoms. The number of hydrogen-bond donors (Lipinski definition) is 2. The second kappa shape index (κ2) is 11.6. The van der Waals surface area contributed by atoms with Gasteiger partial charge in [0.2, 0.25) is 0 Å². The fourth-order valence-corrected chi connectivity index (χ4v) is 1.59. The first-order valence-electron chi connectivity index (χ1n) is 7.03. The largest absolute Gasteiger partial charge is 0.481 e. The Bertz CT molecular complexity index is 439. The van der Waals surface area contributed by atoms with Crippen LogP contribution in [0.5, 0.6) is 0 Å². The van der Waals surface area contributed by atoms with Gasteiger partial charge in [0.05, 0.1) is 0 Å². The van der Waals surface area contributed by atoms with Gasteiger partial charge in [-0.15, -0.1) is 0 Å². The third-order valence-electron chi connectivity index (χ3n) is 2.72. The highest BCUT2D eigenvalue weighted by Crippen LogP contribution is 2.04. The molecule has 0 aliphatic carbocycles. The summed E-state index contributed by atoms with van der Waals surface area (Å²) in [5.74, 6) is -2.96. The van der Waals surface area contributed by atoms with Gasteiger partial charge in [-0.1, -0.05) is 62.9 Å². The Morgan fingerprint density at radius 3 is 1.95 bits per heavy atom. The van der Waals surface area contributed by atoms with E-state index in [2.05, 4.69) is 6.92 Å². The van der Waals surface area contributed by atoms with Crippen molar-refractivity contribution >= 4 is 17.7 Å². The summed E-state index contributed by atoms with van der Waals surface area (Å²) in [5.41, 5.74) is 0.208. The van der Waals surface area contributed by atoms with Crippen molar-refractivity contribution in [3.8, 4) is 0 Å². The summed E-state index contributed by atoms with van der Waals surface area (Å²) in [7, 11) is 0. The third kappa shape index (κ3) is 10.3. The van der Waals surface area contributed by atoms with Crippen LogP contribution in [0.3, 0.4) is 0 Å². The standard InChI is InChI=1S/C8H6O3.C8H16O2/c9-7(8(10)11)6-4-2-1-3-5-6;1-2-3-4-5-6-7-8(9)10/h1-5H,(H,10,11);2-7H2,1H3,(H,9,10). The van der Waals surface area contributed by atoms with Crippen LogP contribution in [0.25, 0.3) is 0 Å². The van der Waals surface area contributed by atoms with Crippen LogP contribution in [-0.2, 0) is 9.59 Å². The summed E-state index contributed by atoms with van der Waals surface area (Å²) in [4.78, 5) is 30.9. The van der Waals surface area contributed by atoms with E-state index in [0.29, 0.717) is 6.42 Å². The van der Waals surface area contributed by atoms with E-state index >= 15 is 0 Å². The van der Waals surface area contributed by atoms with Gasteiger partial charge >= 0.3 is 11.9 Å². The number of ketones is 1. The van der Waals surface area contributed by atoms with Gasteiger partial charge in [-0.25, -0.2) is 4.79 Å². The van der Waals surface area contributed by atoms with E-state index in [9.17, 15) is 14.4 Å². The zero-order valence-electron chi connectivity index (χ0n) is 12.2. The predicted octanol–water partition coefficient (Wildman–Crippen LogP) is 3.39. The quantitative estimate of drug-likeness (QED) is 0.435. The Balaban J connectivity index is 0.000000384. The fraction of sp³-hybridized carbons (Fsp3) is 0.438. The van der Waals surface area contributed by atoms with Gasteiger partial charge in [0.15, 0.2) is 0 Å². The molecule has 5 nitrogen and oxygen atoms in total.